The maximum atomic E-state index is 12.1. The van der Waals surface area contributed by atoms with Gasteiger partial charge in [-0.05, 0) is 43.2 Å². The molecule has 4 nitrogen and oxygen atoms in total. The number of aliphatic hydroxyl groups is 1. The number of amides is 1. The van der Waals surface area contributed by atoms with Crippen molar-refractivity contribution in [2.75, 3.05) is 11.9 Å². The maximum Gasteiger partial charge on any atom is 0.257 e. The molecule has 2 rings (SSSR count). The molecule has 0 aliphatic heterocycles. The lowest BCUT2D eigenvalue weighted by molar-refractivity contribution is 0.102. The number of nitrogens with zero attached hydrogens (tertiary/aromatic N) is 1. The summed E-state index contributed by atoms with van der Waals surface area (Å²) in [7, 11) is 0. The van der Waals surface area contributed by atoms with E-state index in [0.717, 1.165) is 16.7 Å². The topological polar surface area (TPSA) is 62.2 Å². The second-order valence-corrected chi connectivity index (χ2v) is 4.69. The summed E-state index contributed by atoms with van der Waals surface area (Å²) in [6.07, 6.45) is 3.23. The minimum absolute atomic E-state index is 0.189. The molecule has 0 radical (unpaired) electrons. The lowest BCUT2D eigenvalue weighted by atomic mass is 10.1. The summed E-state index contributed by atoms with van der Waals surface area (Å²) < 4.78 is 0. The Bertz CT molecular complexity index is 727. The Kier molecular flexibility index (Phi) is 4.70. The van der Waals surface area contributed by atoms with Crippen LogP contribution in [0.2, 0.25) is 0 Å². The molecule has 1 aromatic heterocycles. The normalized spacial score (nSPS) is 9.67. The predicted molar refractivity (Wildman–Crippen MR) is 82.1 cm³/mol. The SMILES string of the molecule is Cc1cncc(C(=O)Nc2ccc(C)c(C#CCO)c2)c1. The Hall–Kier alpha value is -2.64. The largest absolute Gasteiger partial charge is 0.384 e. The highest BCUT2D eigenvalue weighted by Gasteiger charge is 2.07. The number of aryl methyl sites for hydroxylation is 2. The first-order chi connectivity index (χ1) is 10.1. The molecule has 0 aliphatic carbocycles. The molecule has 1 amide bonds. The summed E-state index contributed by atoms with van der Waals surface area (Å²) in [4.78, 5) is 16.2. The number of nitrogens with one attached hydrogen (secondary N) is 1. The fourth-order valence-electron chi connectivity index (χ4n) is 1.85. The minimum atomic E-state index is -0.212. The van der Waals surface area contributed by atoms with E-state index in [0.29, 0.717) is 11.3 Å². The van der Waals surface area contributed by atoms with E-state index in [-0.39, 0.29) is 12.5 Å². The minimum Gasteiger partial charge on any atom is -0.384 e. The Morgan fingerprint density at radius 3 is 2.81 bits per heavy atom. The summed E-state index contributed by atoms with van der Waals surface area (Å²) in [5.41, 5.74) is 3.88. The highest BCUT2D eigenvalue weighted by atomic mass is 16.2. The van der Waals surface area contributed by atoms with Crippen LogP contribution < -0.4 is 5.32 Å². The van der Waals surface area contributed by atoms with Crippen molar-refractivity contribution >= 4 is 11.6 Å². The van der Waals surface area contributed by atoms with Crippen LogP contribution in [0.3, 0.4) is 0 Å². The highest BCUT2D eigenvalue weighted by molar-refractivity contribution is 6.04. The Labute approximate surface area is 123 Å². The summed E-state index contributed by atoms with van der Waals surface area (Å²) in [5, 5.41) is 11.6. The summed E-state index contributed by atoms with van der Waals surface area (Å²) in [5.74, 6) is 5.26. The molecular weight excluding hydrogens is 264 g/mol. The molecule has 0 unspecified atom stereocenters. The molecule has 4 heteroatoms. The molecule has 1 aromatic carbocycles. The summed E-state index contributed by atoms with van der Waals surface area (Å²) in [6, 6.07) is 7.27. The van der Waals surface area contributed by atoms with Crippen LogP contribution in [0.4, 0.5) is 5.69 Å². The maximum absolute atomic E-state index is 12.1. The van der Waals surface area contributed by atoms with Crippen LogP contribution in [0.15, 0.2) is 36.7 Å². The summed E-state index contributed by atoms with van der Waals surface area (Å²) >= 11 is 0. The van der Waals surface area contributed by atoms with Crippen LogP contribution in [-0.4, -0.2) is 22.6 Å². The monoisotopic (exact) mass is 280 g/mol. The van der Waals surface area contributed by atoms with Gasteiger partial charge in [0.05, 0.1) is 5.56 Å². The van der Waals surface area contributed by atoms with Gasteiger partial charge in [0.2, 0.25) is 0 Å². The van der Waals surface area contributed by atoms with Gasteiger partial charge in [0.15, 0.2) is 0 Å². The molecule has 0 saturated carbocycles. The fourth-order valence-corrected chi connectivity index (χ4v) is 1.85. The van der Waals surface area contributed by atoms with Crippen LogP contribution in [0.5, 0.6) is 0 Å². The molecule has 0 bridgehead atoms. The Balaban J connectivity index is 2.21. The van der Waals surface area contributed by atoms with E-state index in [2.05, 4.69) is 22.1 Å². The zero-order chi connectivity index (χ0) is 15.2. The molecule has 0 fully saturated rings. The van der Waals surface area contributed by atoms with Crippen LogP contribution >= 0.6 is 0 Å². The summed E-state index contributed by atoms with van der Waals surface area (Å²) in [6.45, 7) is 3.63. The number of benzene rings is 1. The van der Waals surface area contributed by atoms with E-state index in [4.69, 9.17) is 5.11 Å². The van der Waals surface area contributed by atoms with Gasteiger partial charge in [-0.25, -0.2) is 0 Å². The molecule has 2 N–H and O–H groups in total. The van der Waals surface area contributed by atoms with Crippen molar-refractivity contribution in [2.24, 2.45) is 0 Å². The Morgan fingerprint density at radius 2 is 2.10 bits per heavy atom. The third-order valence-corrected chi connectivity index (χ3v) is 2.93. The van der Waals surface area contributed by atoms with Gasteiger partial charge in [0.25, 0.3) is 5.91 Å². The van der Waals surface area contributed by atoms with Gasteiger partial charge >= 0.3 is 0 Å². The van der Waals surface area contributed by atoms with Gasteiger partial charge in [0.1, 0.15) is 6.61 Å². The van der Waals surface area contributed by atoms with Gasteiger partial charge in [-0.15, -0.1) is 0 Å². The number of carbonyl (C=O) groups is 1. The number of anilines is 1. The number of rotatable bonds is 2. The fraction of sp³-hybridized carbons (Fsp3) is 0.176. The lowest BCUT2D eigenvalue weighted by Gasteiger charge is -2.07. The quantitative estimate of drug-likeness (QED) is 0.830. The molecule has 21 heavy (non-hydrogen) atoms. The van der Waals surface area contributed by atoms with E-state index < -0.39 is 0 Å². The van der Waals surface area contributed by atoms with Crippen molar-refractivity contribution in [2.45, 2.75) is 13.8 Å². The zero-order valence-corrected chi connectivity index (χ0v) is 12.0. The van der Waals surface area contributed by atoms with Crippen molar-refractivity contribution in [3.63, 3.8) is 0 Å². The second-order valence-electron chi connectivity index (χ2n) is 4.69. The molecule has 2 aromatic rings. The zero-order valence-electron chi connectivity index (χ0n) is 12.0. The first-order valence-electron chi connectivity index (χ1n) is 6.53. The third kappa shape index (κ3) is 3.91. The van der Waals surface area contributed by atoms with Gasteiger partial charge in [0, 0.05) is 23.6 Å². The molecule has 106 valence electrons. The standard InChI is InChI=1S/C17H16N2O2/c1-12-8-15(11-18-10-12)17(21)19-16-6-5-13(2)14(9-16)4-3-7-20/h5-6,8-11,20H,7H2,1-2H3,(H,19,21). The van der Waals surface area contributed by atoms with Crippen LogP contribution in [0.1, 0.15) is 27.0 Å². The van der Waals surface area contributed by atoms with E-state index >= 15 is 0 Å². The lowest BCUT2D eigenvalue weighted by Crippen LogP contribution is -2.12. The number of aliphatic hydroxyl groups excluding tert-OH is 1. The average molecular weight is 280 g/mol. The number of hydrogen-bond acceptors (Lipinski definition) is 3. The van der Waals surface area contributed by atoms with Crippen LogP contribution in [-0.2, 0) is 0 Å². The molecule has 0 saturated heterocycles. The van der Waals surface area contributed by atoms with Crippen molar-refractivity contribution < 1.29 is 9.90 Å². The van der Waals surface area contributed by atoms with Gasteiger partial charge < -0.3 is 10.4 Å². The number of carbonyl (C=O) groups excluding carboxylic acids is 1. The van der Waals surface area contributed by atoms with E-state index in [1.165, 1.54) is 6.20 Å². The first-order valence-corrected chi connectivity index (χ1v) is 6.53. The second kappa shape index (κ2) is 6.69. The van der Waals surface area contributed by atoms with Gasteiger partial charge in [-0.1, -0.05) is 17.9 Å². The van der Waals surface area contributed by atoms with E-state index in [1.807, 2.05) is 26.0 Å². The Morgan fingerprint density at radius 1 is 1.29 bits per heavy atom. The van der Waals surface area contributed by atoms with Gasteiger partial charge in [-0.3, -0.25) is 9.78 Å². The van der Waals surface area contributed by atoms with Crippen molar-refractivity contribution in [3.8, 4) is 11.8 Å². The van der Waals surface area contributed by atoms with Crippen molar-refractivity contribution in [1.82, 2.24) is 4.98 Å². The van der Waals surface area contributed by atoms with Crippen LogP contribution in [0, 0.1) is 25.7 Å². The number of pyridine rings is 1. The van der Waals surface area contributed by atoms with Crippen molar-refractivity contribution in [3.05, 3.63) is 58.9 Å². The van der Waals surface area contributed by atoms with E-state index in [9.17, 15) is 4.79 Å². The smallest absolute Gasteiger partial charge is 0.257 e. The molecule has 0 spiro atoms. The molecule has 0 atom stereocenters. The highest BCUT2D eigenvalue weighted by Crippen LogP contribution is 2.15. The van der Waals surface area contributed by atoms with Crippen LogP contribution in [0.25, 0.3) is 0 Å². The molecular formula is C17H16N2O2. The molecule has 0 aliphatic rings. The first kappa shape index (κ1) is 14.8. The molecule has 1 heterocycles. The van der Waals surface area contributed by atoms with Gasteiger partial charge in [-0.2, -0.15) is 0 Å². The third-order valence-electron chi connectivity index (χ3n) is 2.93. The van der Waals surface area contributed by atoms with Crippen molar-refractivity contribution in [1.29, 1.82) is 0 Å². The number of aromatic nitrogens is 1. The number of hydrogen-bond donors (Lipinski definition) is 2. The average Bonchev–Trinajstić information content (AvgIpc) is 2.47. The predicted octanol–water partition coefficient (Wildman–Crippen LogP) is 2.29. The van der Waals surface area contributed by atoms with E-state index in [1.54, 1.807) is 18.3 Å².